The summed E-state index contributed by atoms with van der Waals surface area (Å²) in [4.78, 5) is 12.7. The fourth-order valence-corrected chi connectivity index (χ4v) is 4.94. The number of nitrogens with two attached hydrogens (primary N) is 1. The lowest BCUT2D eigenvalue weighted by atomic mass is 10.2. The quantitative estimate of drug-likeness (QED) is 0.798. The van der Waals surface area contributed by atoms with Crippen LogP contribution in [-0.4, -0.2) is 26.9 Å². The maximum atomic E-state index is 12.5. The highest BCUT2D eigenvalue weighted by Gasteiger charge is 2.29. The number of hydrogen-bond donors (Lipinski definition) is 2. The smallest absolute Gasteiger partial charge is 0.261 e. The predicted molar refractivity (Wildman–Crippen MR) is 96.5 cm³/mol. The van der Waals surface area contributed by atoms with E-state index in [1.54, 1.807) is 36.4 Å². The fourth-order valence-electron chi connectivity index (χ4n) is 2.29. The summed E-state index contributed by atoms with van der Waals surface area (Å²) in [5, 5.41) is 2.78. The van der Waals surface area contributed by atoms with E-state index < -0.39 is 9.84 Å². The van der Waals surface area contributed by atoms with Crippen molar-refractivity contribution >= 4 is 39.5 Å². The zero-order chi connectivity index (χ0) is 16.4. The van der Waals surface area contributed by atoms with Gasteiger partial charge in [-0.3, -0.25) is 4.79 Å². The molecule has 24 heavy (non-hydrogen) atoms. The van der Waals surface area contributed by atoms with Gasteiger partial charge in [0.1, 0.15) is 4.21 Å². The van der Waals surface area contributed by atoms with Crippen molar-refractivity contribution in [2.24, 2.45) is 11.7 Å². The summed E-state index contributed by atoms with van der Waals surface area (Å²) in [7, 11) is -3.57. The van der Waals surface area contributed by atoms with Gasteiger partial charge in [0.05, 0.1) is 9.77 Å². The van der Waals surface area contributed by atoms with Gasteiger partial charge >= 0.3 is 0 Å². The van der Waals surface area contributed by atoms with Gasteiger partial charge in [-0.15, -0.1) is 23.7 Å². The predicted octanol–water partition coefficient (Wildman–Crippen LogP) is 2.47. The second-order valence-electron chi connectivity index (χ2n) is 5.65. The molecule has 1 heterocycles. The lowest BCUT2D eigenvalue weighted by Crippen LogP contribution is -2.38. The highest BCUT2D eigenvalue weighted by atomic mass is 35.5. The number of halogens is 1. The molecule has 3 N–H and O–H groups in total. The van der Waals surface area contributed by atoms with Crippen LogP contribution in [0.15, 0.2) is 51.6 Å². The molecule has 8 heteroatoms. The molecule has 1 amide bonds. The van der Waals surface area contributed by atoms with Gasteiger partial charge < -0.3 is 11.1 Å². The number of sulfone groups is 1. The molecular weight excluding hydrogens is 368 g/mol. The van der Waals surface area contributed by atoms with E-state index >= 15 is 0 Å². The standard InChI is InChI=1S/C16H18N2O3S2.ClH/c17-13(11-6-7-11)10-18-16(19)14-8-9-15(22-14)23(20,21)12-4-2-1-3-5-12;/h1-5,8-9,11,13H,6-7,10,17H2,(H,18,19);1H. The molecule has 1 atom stereocenters. The molecule has 1 aliphatic rings. The second-order valence-corrected chi connectivity index (χ2v) is 8.91. The minimum Gasteiger partial charge on any atom is -0.350 e. The molecule has 0 bridgehead atoms. The second kappa shape index (κ2) is 7.65. The minimum absolute atomic E-state index is 0. The molecule has 1 unspecified atom stereocenters. The Morgan fingerprint density at radius 3 is 2.50 bits per heavy atom. The van der Waals surface area contributed by atoms with E-state index in [4.69, 9.17) is 5.73 Å². The molecule has 1 aromatic heterocycles. The SMILES string of the molecule is Cl.NC(CNC(=O)c1ccc(S(=O)(=O)c2ccccc2)s1)C1CC1. The molecule has 0 saturated heterocycles. The van der Waals surface area contributed by atoms with Crippen LogP contribution in [0.25, 0.3) is 0 Å². The number of hydrogen-bond acceptors (Lipinski definition) is 5. The van der Waals surface area contributed by atoms with Gasteiger partial charge in [0, 0.05) is 12.6 Å². The van der Waals surface area contributed by atoms with Crippen LogP contribution < -0.4 is 11.1 Å². The topological polar surface area (TPSA) is 89.3 Å². The number of carbonyl (C=O) groups is 1. The molecule has 1 aliphatic carbocycles. The van der Waals surface area contributed by atoms with Crippen molar-refractivity contribution in [3.8, 4) is 0 Å². The van der Waals surface area contributed by atoms with E-state index in [0.717, 1.165) is 24.2 Å². The number of thiophene rings is 1. The van der Waals surface area contributed by atoms with Gasteiger partial charge in [-0.2, -0.15) is 0 Å². The van der Waals surface area contributed by atoms with Crippen molar-refractivity contribution in [1.82, 2.24) is 5.32 Å². The van der Waals surface area contributed by atoms with E-state index in [1.807, 2.05) is 0 Å². The van der Waals surface area contributed by atoms with Gasteiger partial charge in [-0.25, -0.2) is 8.42 Å². The Kier molecular flexibility index (Phi) is 6.03. The van der Waals surface area contributed by atoms with Crippen molar-refractivity contribution < 1.29 is 13.2 Å². The Morgan fingerprint density at radius 2 is 1.88 bits per heavy atom. The number of benzene rings is 1. The summed E-state index contributed by atoms with van der Waals surface area (Å²) >= 11 is 0.978. The summed E-state index contributed by atoms with van der Waals surface area (Å²) in [5.41, 5.74) is 5.95. The molecule has 1 saturated carbocycles. The molecule has 1 aromatic carbocycles. The van der Waals surface area contributed by atoms with Crippen molar-refractivity contribution in [3.63, 3.8) is 0 Å². The Morgan fingerprint density at radius 1 is 1.21 bits per heavy atom. The normalized spacial score (nSPS) is 15.4. The number of carbonyl (C=O) groups excluding carboxylic acids is 1. The van der Waals surface area contributed by atoms with Gasteiger partial charge in [-0.05, 0) is 43.0 Å². The van der Waals surface area contributed by atoms with Crippen molar-refractivity contribution in [2.75, 3.05) is 6.54 Å². The monoisotopic (exact) mass is 386 g/mol. The van der Waals surface area contributed by atoms with Crippen molar-refractivity contribution in [1.29, 1.82) is 0 Å². The largest absolute Gasteiger partial charge is 0.350 e. The molecule has 5 nitrogen and oxygen atoms in total. The van der Waals surface area contributed by atoms with Crippen molar-refractivity contribution in [2.45, 2.75) is 28.0 Å². The van der Waals surface area contributed by atoms with E-state index in [1.165, 1.54) is 6.07 Å². The first-order chi connectivity index (χ1) is 11.0. The number of amides is 1. The Bertz CT molecular complexity index is 802. The molecule has 0 radical (unpaired) electrons. The lowest BCUT2D eigenvalue weighted by Gasteiger charge is -2.10. The molecule has 130 valence electrons. The highest BCUT2D eigenvalue weighted by molar-refractivity contribution is 7.93. The van der Waals surface area contributed by atoms with Crippen LogP contribution in [0.3, 0.4) is 0 Å². The highest BCUT2D eigenvalue weighted by Crippen LogP contribution is 2.31. The third-order valence-electron chi connectivity index (χ3n) is 3.85. The van der Waals surface area contributed by atoms with E-state index in [-0.39, 0.29) is 33.5 Å². The number of rotatable bonds is 6. The van der Waals surface area contributed by atoms with Gasteiger partial charge in [-0.1, -0.05) is 18.2 Å². The molecule has 0 spiro atoms. The first-order valence-corrected chi connectivity index (χ1v) is 9.72. The minimum atomic E-state index is -3.57. The van der Waals surface area contributed by atoms with E-state index in [0.29, 0.717) is 17.3 Å². The third kappa shape index (κ3) is 4.16. The molecule has 1 fully saturated rings. The summed E-state index contributed by atoms with van der Waals surface area (Å²) in [6.45, 7) is 0.419. The summed E-state index contributed by atoms with van der Waals surface area (Å²) in [6, 6.07) is 11.2. The summed E-state index contributed by atoms with van der Waals surface area (Å²) in [6.07, 6.45) is 2.24. The summed E-state index contributed by atoms with van der Waals surface area (Å²) < 4.78 is 25.2. The molecular formula is C16H19ClN2O3S2. The fraction of sp³-hybridized carbons (Fsp3) is 0.312. The maximum Gasteiger partial charge on any atom is 0.261 e. The molecule has 2 aromatic rings. The van der Waals surface area contributed by atoms with Gasteiger partial charge in [0.2, 0.25) is 9.84 Å². The molecule has 0 aliphatic heterocycles. The van der Waals surface area contributed by atoms with E-state index in [9.17, 15) is 13.2 Å². The Balaban J connectivity index is 0.00000208. The van der Waals surface area contributed by atoms with Crippen LogP contribution in [0.2, 0.25) is 0 Å². The maximum absolute atomic E-state index is 12.5. The lowest BCUT2D eigenvalue weighted by molar-refractivity contribution is 0.0954. The third-order valence-corrected chi connectivity index (χ3v) is 7.19. The van der Waals surface area contributed by atoms with Crippen molar-refractivity contribution in [3.05, 3.63) is 47.3 Å². The van der Waals surface area contributed by atoms with Crippen LogP contribution in [-0.2, 0) is 9.84 Å². The van der Waals surface area contributed by atoms with Crippen LogP contribution in [0.1, 0.15) is 22.5 Å². The Hall–Kier alpha value is -1.41. The van der Waals surface area contributed by atoms with Crippen LogP contribution >= 0.6 is 23.7 Å². The average molecular weight is 387 g/mol. The van der Waals surface area contributed by atoms with E-state index in [2.05, 4.69) is 5.32 Å². The zero-order valence-electron chi connectivity index (χ0n) is 12.8. The average Bonchev–Trinajstić information content (AvgIpc) is 3.29. The Labute approximate surface area is 151 Å². The zero-order valence-corrected chi connectivity index (χ0v) is 15.3. The first-order valence-electron chi connectivity index (χ1n) is 7.42. The van der Waals surface area contributed by atoms with Crippen LogP contribution in [0.4, 0.5) is 0 Å². The van der Waals surface area contributed by atoms with Gasteiger partial charge in [0.15, 0.2) is 0 Å². The van der Waals surface area contributed by atoms with Gasteiger partial charge in [0.25, 0.3) is 5.91 Å². The summed E-state index contributed by atoms with van der Waals surface area (Å²) in [5.74, 6) is 0.230. The molecule has 3 rings (SSSR count). The van der Waals surface area contributed by atoms with Crippen LogP contribution in [0, 0.1) is 5.92 Å². The number of nitrogens with one attached hydrogen (secondary N) is 1. The first kappa shape index (κ1) is 18.9. The van der Waals surface area contributed by atoms with Crippen LogP contribution in [0.5, 0.6) is 0 Å².